The Hall–Kier alpha value is -4.10. The lowest BCUT2D eigenvalue weighted by Gasteiger charge is -2.19. The maximum Gasteiger partial charge on any atom is 0.0541 e. The van der Waals surface area contributed by atoms with Crippen LogP contribution in [-0.4, -0.2) is 4.57 Å². The number of nitrogens with zero attached hydrogens (tertiary/aromatic N) is 1. The van der Waals surface area contributed by atoms with Crippen molar-refractivity contribution in [3.8, 4) is 27.9 Å². The molecule has 0 unspecified atom stereocenters. The van der Waals surface area contributed by atoms with Crippen molar-refractivity contribution < 1.29 is 0 Å². The molecule has 0 spiro atoms. The van der Waals surface area contributed by atoms with E-state index in [0.717, 1.165) is 12.8 Å². The molecule has 0 amide bonds. The molecule has 182 valence electrons. The molecule has 6 rings (SSSR count). The largest absolute Gasteiger partial charge is 0.309 e. The molecule has 0 N–H and O–H groups in total. The van der Waals surface area contributed by atoms with Gasteiger partial charge in [-0.15, -0.1) is 0 Å². The van der Waals surface area contributed by atoms with Gasteiger partial charge in [-0.05, 0) is 95.5 Å². The summed E-state index contributed by atoms with van der Waals surface area (Å²) in [5.74, 6) is 0. The van der Waals surface area contributed by atoms with Crippen molar-refractivity contribution in [2.75, 3.05) is 0 Å². The molecule has 0 saturated carbocycles. The van der Waals surface area contributed by atoms with Gasteiger partial charge in [0.2, 0.25) is 0 Å². The second-order valence-electron chi connectivity index (χ2n) is 10.1. The second kappa shape index (κ2) is 9.41. The summed E-state index contributed by atoms with van der Waals surface area (Å²) in [6.07, 6.45) is 2.02. The van der Waals surface area contributed by atoms with Gasteiger partial charge in [-0.3, -0.25) is 0 Å². The van der Waals surface area contributed by atoms with Crippen molar-refractivity contribution in [1.29, 1.82) is 0 Å². The predicted molar refractivity (Wildman–Crippen MR) is 160 cm³/mol. The molecule has 0 saturated heterocycles. The van der Waals surface area contributed by atoms with Gasteiger partial charge in [-0.25, -0.2) is 0 Å². The molecule has 1 heterocycles. The van der Waals surface area contributed by atoms with Crippen molar-refractivity contribution in [1.82, 2.24) is 4.57 Å². The number of hydrogen-bond acceptors (Lipinski definition) is 0. The first-order valence-corrected chi connectivity index (χ1v) is 13.4. The summed E-state index contributed by atoms with van der Waals surface area (Å²) in [4.78, 5) is 0. The molecule has 37 heavy (non-hydrogen) atoms. The van der Waals surface area contributed by atoms with E-state index in [1.807, 2.05) is 0 Å². The number of hydrogen-bond donors (Lipinski definition) is 0. The van der Waals surface area contributed by atoms with Gasteiger partial charge < -0.3 is 4.57 Å². The van der Waals surface area contributed by atoms with E-state index in [0.29, 0.717) is 0 Å². The molecule has 1 aromatic heterocycles. The molecule has 0 aliphatic rings. The molecule has 0 aliphatic carbocycles. The highest BCUT2D eigenvalue weighted by molar-refractivity contribution is 6.09. The topological polar surface area (TPSA) is 4.93 Å². The Morgan fingerprint density at radius 2 is 1.00 bits per heavy atom. The summed E-state index contributed by atoms with van der Waals surface area (Å²) in [6, 6.07) is 38.1. The van der Waals surface area contributed by atoms with Crippen molar-refractivity contribution in [2.45, 2.75) is 40.5 Å². The van der Waals surface area contributed by atoms with Crippen molar-refractivity contribution in [3.05, 3.63) is 125 Å². The maximum atomic E-state index is 2.45. The van der Waals surface area contributed by atoms with Gasteiger partial charge in [-0.2, -0.15) is 0 Å². The van der Waals surface area contributed by atoms with E-state index >= 15 is 0 Å². The lowest BCUT2D eigenvalue weighted by molar-refractivity contribution is 1.10. The lowest BCUT2D eigenvalue weighted by atomic mass is 9.86. The van der Waals surface area contributed by atoms with Gasteiger partial charge >= 0.3 is 0 Å². The van der Waals surface area contributed by atoms with Crippen LogP contribution in [0.5, 0.6) is 0 Å². The zero-order valence-electron chi connectivity index (χ0n) is 22.2. The van der Waals surface area contributed by atoms with E-state index in [2.05, 4.69) is 135 Å². The van der Waals surface area contributed by atoms with E-state index in [1.54, 1.807) is 0 Å². The van der Waals surface area contributed by atoms with Crippen molar-refractivity contribution >= 4 is 21.8 Å². The maximum absolute atomic E-state index is 2.45. The molecule has 5 aromatic carbocycles. The van der Waals surface area contributed by atoms with Crippen LogP contribution in [0.2, 0.25) is 0 Å². The van der Waals surface area contributed by atoms with Crippen molar-refractivity contribution in [3.63, 3.8) is 0 Å². The zero-order valence-corrected chi connectivity index (χ0v) is 22.2. The van der Waals surface area contributed by atoms with E-state index < -0.39 is 0 Å². The van der Waals surface area contributed by atoms with Crippen LogP contribution in [0.3, 0.4) is 0 Å². The number of rotatable bonds is 5. The quantitative estimate of drug-likeness (QED) is 0.232. The Kier molecular flexibility index (Phi) is 5.93. The minimum absolute atomic E-state index is 1.01. The predicted octanol–water partition coefficient (Wildman–Crippen LogP) is 9.86. The van der Waals surface area contributed by atoms with Crippen molar-refractivity contribution in [2.24, 2.45) is 0 Å². The molecule has 0 fully saturated rings. The van der Waals surface area contributed by atoms with Gasteiger partial charge in [0.05, 0.1) is 11.0 Å². The van der Waals surface area contributed by atoms with Crippen LogP contribution in [0, 0.1) is 13.8 Å². The molecular weight excluding hydrogens is 446 g/mol. The Morgan fingerprint density at radius 3 is 1.54 bits per heavy atom. The van der Waals surface area contributed by atoms with Gasteiger partial charge in [0.25, 0.3) is 0 Å². The van der Waals surface area contributed by atoms with E-state index in [9.17, 15) is 0 Å². The molecule has 0 radical (unpaired) electrons. The number of fused-ring (bicyclic) bond motifs is 3. The Labute approximate surface area is 220 Å². The van der Waals surface area contributed by atoms with Crippen LogP contribution < -0.4 is 0 Å². The van der Waals surface area contributed by atoms with Crippen LogP contribution >= 0.6 is 0 Å². The number of aryl methyl sites for hydroxylation is 4. The fraction of sp³-hybridized carbons (Fsp3) is 0.167. The summed E-state index contributed by atoms with van der Waals surface area (Å²) in [5, 5.41) is 2.60. The summed E-state index contributed by atoms with van der Waals surface area (Å²) < 4.78 is 2.40. The Bertz CT molecular complexity index is 1710. The number of para-hydroxylation sites is 2. The second-order valence-corrected chi connectivity index (χ2v) is 10.1. The van der Waals surface area contributed by atoms with Crippen LogP contribution in [-0.2, 0) is 12.8 Å². The Balaban J connectivity index is 1.52. The van der Waals surface area contributed by atoms with Gasteiger partial charge in [0.15, 0.2) is 0 Å². The zero-order chi connectivity index (χ0) is 25.5. The molecule has 0 aliphatic heterocycles. The average Bonchev–Trinajstić information content (AvgIpc) is 3.27. The SMILES string of the molecule is CCc1cc(-c2ccc(-n3c4ccccc4c4ccccc43)cc2C)c(CC)cc1-c1ccccc1C. The molecule has 6 aromatic rings. The smallest absolute Gasteiger partial charge is 0.0541 e. The molecule has 0 bridgehead atoms. The standard InChI is InChI=1S/C36H33N/c1-5-26-23-34(27(6-2)22-33(26)29-14-8-7-13-24(29)3)30-20-19-28(21-25(30)4)37-35-17-11-9-15-31(35)32-16-10-12-18-36(32)37/h7-23H,5-6H2,1-4H3. The molecular formula is C36H33N. The summed E-state index contributed by atoms with van der Waals surface area (Å²) in [6.45, 7) is 9.01. The van der Waals surface area contributed by atoms with Gasteiger partial charge in [-0.1, -0.05) is 92.7 Å². The number of benzene rings is 5. The van der Waals surface area contributed by atoms with Crippen LogP contribution in [0.25, 0.3) is 49.7 Å². The third-order valence-corrected chi connectivity index (χ3v) is 7.86. The minimum atomic E-state index is 1.01. The fourth-order valence-electron chi connectivity index (χ4n) is 5.94. The summed E-state index contributed by atoms with van der Waals surface area (Å²) >= 11 is 0. The third kappa shape index (κ3) is 3.86. The van der Waals surface area contributed by atoms with E-state index in [1.165, 1.54) is 72.0 Å². The highest BCUT2D eigenvalue weighted by Gasteiger charge is 2.16. The van der Waals surface area contributed by atoms with E-state index in [4.69, 9.17) is 0 Å². The van der Waals surface area contributed by atoms with Crippen LogP contribution in [0.4, 0.5) is 0 Å². The summed E-state index contributed by atoms with van der Waals surface area (Å²) in [5.41, 5.74) is 14.6. The van der Waals surface area contributed by atoms with Crippen LogP contribution in [0.15, 0.2) is 103 Å². The van der Waals surface area contributed by atoms with Gasteiger partial charge in [0, 0.05) is 16.5 Å². The highest BCUT2D eigenvalue weighted by Crippen LogP contribution is 2.37. The summed E-state index contributed by atoms with van der Waals surface area (Å²) in [7, 11) is 0. The first kappa shape index (κ1) is 23.3. The number of aromatic nitrogens is 1. The highest BCUT2D eigenvalue weighted by atomic mass is 15.0. The first-order chi connectivity index (χ1) is 18.1. The van der Waals surface area contributed by atoms with Gasteiger partial charge in [0.1, 0.15) is 0 Å². The fourth-order valence-corrected chi connectivity index (χ4v) is 5.94. The minimum Gasteiger partial charge on any atom is -0.309 e. The molecule has 1 heteroatoms. The normalized spacial score (nSPS) is 11.5. The average molecular weight is 480 g/mol. The van der Waals surface area contributed by atoms with E-state index in [-0.39, 0.29) is 0 Å². The molecule has 0 atom stereocenters. The Morgan fingerprint density at radius 1 is 0.486 bits per heavy atom. The monoisotopic (exact) mass is 479 g/mol. The third-order valence-electron chi connectivity index (χ3n) is 7.86. The first-order valence-electron chi connectivity index (χ1n) is 13.4. The molecule has 1 nitrogen and oxygen atoms in total. The van der Waals surface area contributed by atoms with Crippen LogP contribution in [0.1, 0.15) is 36.1 Å². The lowest BCUT2D eigenvalue weighted by Crippen LogP contribution is -1.99.